The zero-order valence-corrected chi connectivity index (χ0v) is 14.9. The minimum Gasteiger partial charge on any atom is -0.444 e. The molecule has 6 heteroatoms. The second kappa shape index (κ2) is 7.95. The second-order valence-electron chi connectivity index (χ2n) is 7.25. The van der Waals surface area contributed by atoms with E-state index in [1.54, 1.807) is 58.9 Å². The molecule has 0 aliphatic carbocycles. The van der Waals surface area contributed by atoms with Gasteiger partial charge in [0.1, 0.15) is 5.60 Å². The van der Waals surface area contributed by atoms with Crippen LogP contribution in [0, 0.1) is 0 Å². The van der Waals surface area contributed by atoms with Gasteiger partial charge >= 0.3 is 6.09 Å². The van der Waals surface area contributed by atoms with E-state index in [1.807, 2.05) is 6.07 Å². The normalized spacial score (nSPS) is 11.5. The Morgan fingerprint density at radius 1 is 1.00 bits per heavy atom. The van der Waals surface area contributed by atoms with Crippen LogP contribution in [0.15, 0.2) is 30.3 Å². The molecule has 0 saturated carbocycles. The lowest BCUT2D eigenvalue weighted by Gasteiger charge is -2.28. The SMILES string of the molecule is CC(C)(CC(=O)NCC(=O)c1ccccc1)NC(=O)OC(C)(C)C. The number of ketones is 1. The maximum absolute atomic E-state index is 12.0. The largest absolute Gasteiger partial charge is 0.444 e. The van der Waals surface area contributed by atoms with E-state index in [2.05, 4.69) is 10.6 Å². The highest BCUT2D eigenvalue weighted by molar-refractivity contribution is 5.99. The van der Waals surface area contributed by atoms with Crippen molar-refractivity contribution in [2.75, 3.05) is 6.54 Å². The Morgan fingerprint density at radius 2 is 1.58 bits per heavy atom. The van der Waals surface area contributed by atoms with Gasteiger partial charge in [0.15, 0.2) is 5.78 Å². The summed E-state index contributed by atoms with van der Waals surface area (Å²) in [5.74, 6) is -0.484. The van der Waals surface area contributed by atoms with Crippen LogP contribution in [0.25, 0.3) is 0 Å². The Hall–Kier alpha value is -2.37. The number of carbonyl (C=O) groups excluding carboxylic acids is 3. The van der Waals surface area contributed by atoms with Crippen LogP contribution in [-0.4, -0.2) is 35.5 Å². The van der Waals surface area contributed by atoms with E-state index < -0.39 is 17.2 Å². The number of hydrogen-bond acceptors (Lipinski definition) is 4. The Kier molecular flexibility index (Phi) is 6.51. The summed E-state index contributed by atoms with van der Waals surface area (Å²) in [7, 11) is 0. The van der Waals surface area contributed by atoms with Crippen molar-refractivity contribution in [2.45, 2.75) is 52.2 Å². The Balaban J connectivity index is 2.45. The first-order valence-electron chi connectivity index (χ1n) is 7.85. The molecule has 0 unspecified atom stereocenters. The summed E-state index contributed by atoms with van der Waals surface area (Å²) >= 11 is 0. The lowest BCUT2D eigenvalue weighted by Crippen LogP contribution is -2.48. The molecule has 0 spiro atoms. The van der Waals surface area contributed by atoms with E-state index in [0.29, 0.717) is 5.56 Å². The highest BCUT2D eigenvalue weighted by atomic mass is 16.6. The molecule has 24 heavy (non-hydrogen) atoms. The van der Waals surface area contributed by atoms with Crippen molar-refractivity contribution in [1.29, 1.82) is 0 Å². The van der Waals surface area contributed by atoms with Gasteiger partial charge in [-0.15, -0.1) is 0 Å². The lowest BCUT2D eigenvalue weighted by molar-refractivity contribution is -0.122. The van der Waals surface area contributed by atoms with Crippen molar-refractivity contribution in [3.8, 4) is 0 Å². The Morgan fingerprint density at radius 3 is 2.12 bits per heavy atom. The third kappa shape index (κ3) is 7.76. The maximum Gasteiger partial charge on any atom is 0.408 e. The van der Waals surface area contributed by atoms with Gasteiger partial charge in [-0.25, -0.2) is 4.79 Å². The van der Waals surface area contributed by atoms with Crippen LogP contribution in [-0.2, 0) is 9.53 Å². The molecular weight excluding hydrogens is 308 g/mol. The molecule has 0 aliphatic rings. The summed E-state index contributed by atoms with van der Waals surface area (Å²) in [6.07, 6.45) is -0.547. The van der Waals surface area contributed by atoms with Crippen molar-refractivity contribution < 1.29 is 19.1 Å². The van der Waals surface area contributed by atoms with Crippen molar-refractivity contribution in [3.05, 3.63) is 35.9 Å². The van der Waals surface area contributed by atoms with E-state index in [4.69, 9.17) is 4.74 Å². The zero-order chi connectivity index (χ0) is 18.4. The van der Waals surface area contributed by atoms with Crippen LogP contribution in [0.3, 0.4) is 0 Å². The Bertz CT molecular complexity index is 589. The number of Topliss-reactive ketones (excluding diaryl/α,β-unsaturated/α-hetero) is 1. The van der Waals surface area contributed by atoms with Crippen LogP contribution < -0.4 is 10.6 Å². The topological polar surface area (TPSA) is 84.5 Å². The predicted octanol–water partition coefficient (Wildman–Crippen LogP) is 2.68. The monoisotopic (exact) mass is 334 g/mol. The van der Waals surface area contributed by atoms with Gasteiger partial charge < -0.3 is 15.4 Å². The van der Waals surface area contributed by atoms with Gasteiger partial charge in [-0.05, 0) is 34.6 Å². The fraction of sp³-hybridized carbons (Fsp3) is 0.500. The summed E-state index contributed by atoms with van der Waals surface area (Å²) in [6, 6.07) is 8.75. The van der Waals surface area contributed by atoms with E-state index in [1.165, 1.54) is 0 Å². The minimum absolute atomic E-state index is 0.0360. The van der Waals surface area contributed by atoms with E-state index in [-0.39, 0.29) is 24.7 Å². The van der Waals surface area contributed by atoms with Crippen LogP contribution >= 0.6 is 0 Å². The molecule has 0 saturated heterocycles. The van der Waals surface area contributed by atoms with Crippen molar-refractivity contribution in [3.63, 3.8) is 0 Å². The number of hydrogen-bond donors (Lipinski definition) is 2. The average molecular weight is 334 g/mol. The molecule has 1 aromatic carbocycles. The van der Waals surface area contributed by atoms with Crippen LogP contribution in [0.2, 0.25) is 0 Å². The Labute approximate surface area is 143 Å². The molecule has 2 amide bonds. The molecule has 0 atom stereocenters. The second-order valence-corrected chi connectivity index (χ2v) is 7.25. The molecule has 0 heterocycles. The highest BCUT2D eigenvalue weighted by Crippen LogP contribution is 2.12. The van der Waals surface area contributed by atoms with E-state index >= 15 is 0 Å². The lowest BCUT2D eigenvalue weighted by atomic mass is 10.0. The minimum atomic E-state index is -0.789. The van der Waals surface area contributed by atoms with Gasteiger partial charge in [-0.1, -0.05) is 30.3 Å². The molecule has 0 radical (unpaired) electrons. The highest BCUT2D eigenvalue weighted by Gasteiger charge is 2.27. The molecule has 6 nitrogen and oxygen atoms in total. The molecular formula is C18H26N2O4. The van der Waals surface area contributed by atoms with Gasteiger partial charge in [0.05, 0.1) is 6.54 Å². The van der Waals surface area contributed by atoms with Gasteiger partial charge in [-0.2, -0.15) is 0 Å². The number of carbonyl (C=O) groups is 3. The fourth-order valence-corrected chi connectivity index (χ4v) is 1.99. The summed E-state index contributed by atoms with van der Waals surface area (Å²) in [4.78, 5) is 35.7. The smallest absolute Gasteiger partial charge is 0.408 e. The van der Waals surface area contributed by atoms with Crippen LogP contribution in [0.5, 0.6) is 0 Å². The van der Waals surface area contributed by atoms with Crippen LogP contribution in [0.1, 0.15) is 51.4 Å². The summed E-state index contributed by atoms with van der Waals surface area (Å²) in [5, 5.41) is 5.23. The quantitative estimate of drug-likeness (QED) is 0.783. The van der Waals surface area contributed by atoms with Gasteiger partial charge in [-0.3, -0.25) is 9.59 Å². The number of nitrogens with one attached hydrogen (secondary N) is 2. The average Bonchev–Trinajstić information content (AvgIpc) is 2.42. The number of rotatable bonds is 6. The standard InChI is InChI=1S/C18H26N2O4/c1-17(2,3)24-16(23)20-18(4,5)11-15(22)19-12-14(21)13-9-7-6-8-10-13/h6-10H,11-12H2,1-5H3,(H,19,22)(H,20,23). The number of ether oxygens (including phenoxy) is 1. The number of alkyl carbamates (subject to hydrolysis) is 1. The third-order valence-electron chi connectivity index (χ3n) is 2.98. The predicted molar refractivity (Wildman–Crippen MR) is 91.8 cm³/mol. The van der Waals surface area contributed by atoms with E-state index in [9.17, 15) is 14.4 Å². The van der Waals surface area contributed by atoms with Crippen LogP contribution in [0.4, 0.5) is 4.79 Å². The summed E-state index contributed by atoms with van der Waals surface area (Å²) < 4.78 is 5.18. The van der Waals surface area contributed by atoms with Crippen molar-refractivity contribution in [2.24, 2.45) is 0 Å². The first-order valence-corrected chi connectivity index (χ1v) is 7.85. The van der Waals surface area contributed by atoms with Crippen molar-refractivity contribution >= 4 is 17.8 Å². The molecule has 2 N–H and O–H groups in total. The third-order valence-corrected chi connectivity index (χ3v) is 2.98. The molecule has 1 aromatic rings. The van der Waals surface area contributed by atoms with E-state index in [0.717, 1.165) is 0 Å². The fourth-order valence-electron chi connectivity index (χ4n) is 1.99. The maximum atomic E-state index is 12.0. The molecule has 0 aromatic heterocycles. The first-order chi connectivity index (χ1) is 11.0. The molecule has 132 valence electrons. The zero-order valence-electron chi connectivity index (χ0n) is 14.9. The first kappa shape index (κ1) is 19.7. The molecule has 0 aliphatic heterocycles. The number of amides is 2. The van der Waals surface area contributed by atoms with Gasteiger partial charge in [0, 0.05) is 17.5 Å². The van der Waals surface area contributed by atoms with Crippen molar-refractivity contribution in [1.82, 2.24) is 10.6 Å². The summed E-state index contributed by atoms with van der Waals surface area (Å²) in [6.45, 7) is 8.65. The van der Waals surface area contributed by atoms with Gasteiger partial charge in [0.2, 0.25) is 5.91 Å². The molecule has 1 rings (SSSR count). The summed E-state index contributed by atoms with van der Waals surface area (Å²) in [5.41, 5.74) is -0.851. The van der Waals surface area contributed by atoms with Gasteiger partial charge in [0.25, 0.3) is 0 Å². The number of benzene rings is 1. The molecule has 0 fully saturated rings. The molecule has 0 bridgehead atoms.